The van der Waals surface area contributed by atoms with Crippen LogP contribution < -0.4 is 5.73 Å². The number of aliphatic hydroxyl groups is 2. The highest BCUT2D eigenvalue weighted by Crippen LogP contribution is 2.32. The SMILES string of the molecule is NC(=O)C(O)C(O)c1ccc(C(=O)C2CC2)cc1. The number of rotatable bonds is 5. The van der Waals surface area contributed by atoms with E-state index in [0.717, 1.165) is 12.8 Å². The molecule has 0 saturated heterocycles. The number of hydrogen-bond donors (Lipinski definition) is 3. The van der Waals surface area contributed by atoms with Crippen molar-refractivity contribution in [3.05, 3.63) is 35.4 Å². The van der Waals surface area contributed by atoms with Gasteiger partial charge in [0.05, 0.1) is 0 Å². The van der Waals surface area contributed by atoms with E-state index in [-0.39, 0.29) is 11.7 Å². The third kappa shape index (κ3) is 2.57. The van der Waals surface area contributed by atoms with Crippen LogP contribution >= 0.6 is 0 Å². The van der Waals surface area contributed by atoms with Crippen LogP contribution in [-0.2, 0) is 4.79 Å². The molecule has 1 aliphatic rings. The van der Waals surface area contributed by atoms with Crippen LogP contribution in [0.25, 0.3) is 0 Å². The number of carbonyl (C=O) groups is 2. The molecule has 1 fully saturated rings. The molecule has 5 heteroatoms. The number of benzene rings is 1. The van der Waals surface area contributed by atoms with Gasteiger partial charge in [0, 0.05) is 11.5 Å². The van der Waals surface area contributed by atoms with E-state index in [2.05, 4.69) is 0 Å². The third-order valence-electron chi connectivity index (χ3n) is 3.08. The van der Waals surface area contributed by atoms with Gasteiger partial charge in [0.15, 0.2) is 11.9 Å². The smallest absolute Gasteiger partial charge is 0.249 e. The summed E-state index contributed by atoms with van der Waals surface area (Å²) in [5.74, 6) is -0.746. The molecule has 0 aliphatic heterocycles. The lowest BCUT2D eigenvalue weighted by molar-refractivity contribution is -0.131. The van der Waals surface area contributed by atoms with Gasteiger partial charge < -0.3 is 15.9 Å². The lowest BCUT2D eigenvalue weighted by Crippen LogP contribution is -2.33. The number of primary amides is 1. The molecular weight excluding hydrogens is 234 g/mol. The standard InChI is InChI=1S/C13H15NO4/c14-13(18)12(17)11(16)9-5-3-8(4-6-9)10(15)7-1-2-7/h3-7,11-12,16-17H,1-2H2,(H2,14,18). The molecule has 0 radical (unpaired) electrons. The lowest BCUT2D eigenvalue weighted by atomic mass is 10.00. The summed E-state index contributed by atoms with van der Waals surface area (Å²) in [5, 5.41) is 19.0. The zero-order valence-electron chi connectivity index (χ0n) is 9.74. The monoisotopic (exact) mass is 249 g/mol. The molecule has 0 spiro atoms. The first-order valence-corrected chi connectivity index (χ1v) is 5.80. The minimum atomic E-state index is -1.64. The summed E-state index contributed by atoms with van der Waals surface area (Å²) in [6.45, 7) is 0. The number of nitrogens with two attached hydrogens (primary N) is 1. The average Bonchev–Trinajstić information content (AvgIpc) is 3.20. The molecule has 2 rings (SSSR count). The van der Waals surface area contributed by atoms with E-state index in [4.69, 9.17) is 5.73 Å². The highest BCUT2D eigenvalue weighted by atomic mass is 16.3. The van der Waals surface area contributed by atoms with E-state index in [0.29, 0.717) is 11.1 Å². The predicted octanol–water partition coefficient (Wildman–Crippen LogP) is 0.159. The van der Waals surface area contributed by atoms with Crippen LogP contribution in [0.5, 0.6) is 0 Å². The van der Waals surface area contributed by atoms with Crippen molar-refractivity contribution in [2.24, 2.45) is 11.7 Å². The normalized spacial score (nSPS) is 18.1. The second kappa shape index (κ2) is 4.88. The van der Waals surface area contributed by atoms with E-state index >= 15 is 0 Å². The Bertz CT molecular complexity index is 464. The highest BCUT2D eigenvalue weighted by molar-refractivity contribution is 5.99. The average molecular weight is 249 g/mol. The molecular formula is C13H15NO4. The van der Waals surface area contributed by atoms with Crippen molar-refractivity contribution in [1.82, 2.24) is 0 Å². The van der Waals surface area contributed by atoms with Crippen LogP contribution in [0.4, 0.5) is 0 Å². The van der Waals surface area contributed by atoms with Crippen molar-refractivity contribution in [3.63, 3.8) is 0 Å². The fraction of sp³-hybridized carbons (Fsp3) is 0.385. The topological polar surface area (TPSA) is 101 Å². The first-order valence-electron chi connectivity index (χ1n) is 5.80. The van der Waals surface area contributed by atoms with Crippen molar-refractivity contribution >= 4 is 11.7 Å². The molecule has 2 atom stereocenters. The molecule has 1 amide bonds. The quantitative estimate of drug-likeness (QED) is 0.647. The summed E-state index contributed by atoms with van der Waals surface area (Å²) < 4.78 is 0. The van der Waals surface area contributed by atoms with Crippen molar-refractivity contribution in [2.75, 3.05) is 0 Å². The van der Waals surface area contributed by atoms with E-state index < -0.39 is 18.1 Å². The molecule has 1 aromatic carbocycles. The first kappa shape index (κ1) is 12.7. The maximum absolute atomic E-state index is 11.7. The Morgan fingerprint density at radius 1 is 1.17 bits per heavy atom. The van der Waals surface area contributed by atoms with Gasteiger partial charge in [-0.25, -0.2) is 0 Å². The Labute approximate surface area is 104 Å². The predicted molar refractivity (Wildman–Crippen MR) is 63.7 cm³/mol. The van der Waals surface area contributed by atoms with Crippen molar-refractivity contribution in [2.45, 2.75) is 25.0 Å². The second-order valence-electron chi connectivity index (χ2n) is 4.55. The van der Waals surface area contributed by atoms with Gasteiger partial charge in [0.25, 0.3) is 0 Å². The van der Waals surface area contributed by atoms with Gasteiger partial charge >= 0.3 is 0 Å². The van der Waals surface area contributed by atoms with Crippen LogP contribution in [-0.4, -0.2) is 28.0 Å². The van der Waals surface area contributed by atoms with Gasteiger partial charge in [-0.1, -0.05) is 24.3 Å². The number of Topliss-reactive ketones (excluding diaryl/α,β-unsaturated/α-hetero) is 1. The molecule has 0 heterocycles. The molecule has 0 bridgehead atoms. The summed E-state index contributed by atoms with van der Waals surface area (Å²) in [7, 11) is 0. The van der Waals surface area contributed by atoms with Gasteiger partial charge in [-0.15, -0.1) is 0 Å². The van der Waals surface area contributed by atoms with Crippen molar-refractivity contribution < 1.29 is 19.8 Å². The maximum Gasteiger partial charge on any atom is 0.249 e. The summed E-state index contributed by atoms with van der Waals surface area (Å²) in [4.78, 5) is 22.5. The van der Waals surface area contributed by atoms with Gasteiger partial charge in [-0.05, 0) is 18.4 Å². The van der Waals surface area contributed by atoms with Crippen LogP contribution in [0, 0.1) is 5.92 Å². The zero-order chi connectivity index (χ0) is 13.3. The Morgan fingerprint density at radius 2 is 1.72 bits per heavy atom. The van der Waals surface area contributed by atoms with Crippen molar-refractivity contribution in [1.29, 1.82) is 0 Å². The largest absolute Gasteiger partial charge is 0.385 e. The van der Waals surface area contributed by atoms with Gasteiger partial charge in [-0.2, -0.15) is 0 Å². The summed E-state index contributed by atoms with van der Waals surface area (Å²) in [5.41, 5.74) is 5.84. The minimum Gasteiger partial charge on any atom is -0.385 e. The summed E-state index contributed by atoms with van der Waals surface area (Å²) >= 11 is 0. The van der Waals surface area contributed by atoms with Crippen molar-refractivity contribution in [3.8, 4) is 0 Å². The third-order valence-corrected chi connectivity index (χ3v) is 3.08. The molecule has 1 saturated carbocycles. The fourth-order valence-corrected chi connectivity index (χ4v) is 1.76. The lowest BCUT2D eigenvalue weighted by Gasteiger charge is -2.15. The summed E-state index contributed by atoms with van der Waals surface area (Å²) in [6.07, 6.45) is -1.14. The number of carbonyl (C=O) groups excluding carboxylic acids is 2. The van der Waals surface area contributed by atoms with Crippen LogP contribution in [0.2, 0.25) is 0 Å². The van der Waals surface area contributed by atoms with E-state index in [1.165, 1.54) is 12.1 Å². The van der Waals surface area contributed by atoms with Gasteiger partial charge in [0.2, 0.25) is 5.91 Å². The number of ketones is 1. The van der Waals surface area contributed by atoms with Crippen LogP contribution in [0.1, 0.15) is 34.9 Å². The maximum atomic E-state index is 11.7. The molecule has 4 N–H and O–H groups in total. The first-order chi connectivity index (χ1) is 8.50. The highest BCUT2D eigenvalue weighted by Gasteiger charge is 2.30. The molecule has 0 aromatic heterocycles. The fourth-order valence-electron chi connectivity index (χ4n) is 1.76. The zero-order valence-corrected chi connectivity index (χ0v) is 9.74. The molecule has 1 aliphatic carbocycles. The van der Waals surface area contributed by atoms with E-state index in [1.54, 1.807) is 12.1 Å². The Morgan fingerprint density at radius 3 is 2.17 bits per heavy atom. The van der Waals surface area contributed by atoms with E-state index in [1.807, 2.05) is 0 Å². The molecule has 96 valence electrons. The minimum absolute atomic E-state index is 0.103. The molecule has 18 heavy (non-hydrogen) atoms. The second-order valence-corrected chi connectivity index (χ2v) is 4.55. The van der Waals surface area contributed by atoms with Crippen LogP contribution in [0.15, 0.2) is 24.3 Å². The van der Waals surface area contributed by atoms with Gasteiger partial charge in [-0.3, -0.25) is 9.59 Å². The number of hydrogen-bond acceptors (Lipinski definition) is 4. The molecule has 5 nitrogen and oxygen atoms in total. The molecule has 2 unspecified atom stereocenters. The number of aliphatic hydroxyl groups excluding tert-OH is 2. The Kier molecular flexibility index (Phi) is 3.45. The van der Waals surface area contributed by atoms with Crippen LogP contribution in [0.3, 0.4) is 0 Å². The Balaban J connectivity index is 2.11. The Hall–Kier alpha value is -1.72. The van der Waals surface area contributed by atoms with Gasteiger partial charge in [0.1, 0.15) is 6.10 Å². The molecule has 1 aromatic rings. The van der Waals surface area contributed by atoms with E-state index in [9.17, 15) is 19.8 Å². The summed E-state index contributed by atoms with van der Waals surface area (Å²) in [6, 6.07) is 6.22. The number of amides is 1.